The number of nitrogens with zero attached hydrogens (tertiary/aromatic N) is 2. The molecule has 0 radical (unpaired) electrons. The van der Waals surface area contributed by atoms with Gasteiger partial charge in [0.05, 0.1) is 0 Å². The molecule has 1 aliphatic rings. The lowest BCUT2D eigenvalue weighted by molar-refractivity contribution is -0.608. The highest BCUT2D eigenvalue weighted by atomic mass is 16.6. The quantitative estimate of drug-likeness (QED) is 0.490. The van der Waals surface area contributed by atoms with Crippen LogP contribution >= 0.6 is 0 Å². The van der Waals surface area contributed by atoms with Gasteiger partial charge in [0.25, 0.3) is 5.91 Å². The fourth-order valence-electron chi connectivity index (χ4n) is 2.95. The highest BCUT2D eigenvalue weighted by Gasteiger charge is 2.35. The highest BCUT2D eigenvalue weighted by molar-refractivity contribution is 6.00. The molecule has 0 aliphatic carbocycles. The largest absolute Gasteiger partial charge is 0.618 e. The first-order chi connectivity index (χ1) is 11.5. The Bertz CT molecular complexity index is 790. The molecule has 6 heteroatoms. The second-order valence-corrected chi connectivity index (χ2v) is 5.85. The standard InChI is InChI=1S/C18H18N2O4/c1-12-11-14-7-3-4-8-15(14)20(12)17(21)13(2)24-18(22)16-9-5-6-10-19(16)23/h3-10,12-13H,11H2,1-2H3/t12-,13-/m0/s1. The monoisotopic (exact) mass is 326 g/mol. The number of para-hydroxylation sites is 1. The molecule has 6 nitrogen and oxygen atoms in total. The van der Waals surface area contributed by atoms with Gasteiger partial charge in [0.2, 0.25) is 0 Å². The number of hydrogen-bond donors (Lipinski definition) is 0. The molecule has 2 atom stereocenters. The number of ether oxygens (including phenoxy) is 1. The van der Waals surface area contributed by atoms with Crippen LogP contribution in [0.15, 0.2) is 48.7 Å². The summed E-state index contributed by atoms with van der Waals surface area (Å²) in [6.07, 6.45) is 0.996. The Morgan fingerprint density at radius 2 is 1.96 bits per heavy atom. The number of hydrogen-bond acceptors (Lipinski definition) is 4. The molecule has 1 aromatic carbocycles. The second-order valence-electron chi connectivity index (χ2n) is 5.85. The Labute approximate surface area is 139 Å². The van der Waals surface area contributed by atoms with E-state index in [2.05, 4.69) is 0 Å². The molecule has 124 valence electrons. The zero-order valence-electron chi connectivity index (χ0n) is 13.5. The summed E-state index contributed by atoms with van der Waals surface area (Å²) in [5.41, 5.74) is 1.79. The minimum Gasteiger partial charge on any atom is -0.618 e. The summed E-state index contributed by atoms with van der Waals surface area (Å²) in [5, 5.41) is 11.6. The summed E-state index contributed by atoms with van der Waals surface area (Å²) in [4.78, 5) is 26.5. The molecule has 0 saturated heterocycles. The third kappa shape index (κ3) is 2.82. The van der Waals surface area contributed by atoms with Gasteiger partial charge in [-0.3, -0.25) is 4.79 Å². The van der Waals surface area contributed by atoms with Gasteiger partial charge in [0.15, 0.2) is 12.3 Å². The second kappa shape index (κ2) is 6.31. The maximum Gasteiger partial charge on any atom is 0.405 e. The molecule has 1 aromatic heterocycles. The topological polar surface area (TPSA) is 73.5 Å². The molecular weight excluding hydrogens is 308 g/mol. The van der Waals surface area contributed by atoms with Crippen LogP contribution in [0.3, 0.4) is 0 Å². The molecular formula is C18H18N2O4. The van der Waals surface area contributed by atoms with Crippen LogP contribution in [0.2, 0.25) is 0 Å². The summed E-state index contributed by atoms with van der Waals surface area (Å²) >= 11 is 0. The Balaban J connectivity index is 1.76. The highest BCUT2D eigenvalue weighted by Crippen LogP contribution is 2.32. The zero-order chi connectivity index (χ0) is 17.3. The normalized spacial score (nSPS) is 17.2. The number of aromatic nitrogens is 1. The van der Waals surface area contributed by atoms with E-state index in [9.17, 15) is 14.8 Å². The predicted molar refractivity (Wildman–Crippen MR) is 87.4 cm³/mol. The van der Waals surface area contributed by atoms with Crippen molar-refractivity contribution in [2.45, 2.75) is 32.4 Å². The number of pyridine rings is 1. The SMILES string of the molecule is C[C@H](OC(=O)c1cccc[n+]1[O-])C(=O)N1c2ccccc2C[C@@H]1C. The van der Waals surface area contributed by atoms with Crippen LogP contribution in [0.25, 0.3) is 0 Å². The van der Waals surface area contributed by atoms with Crippen molar-refractivity contribution < 1.29 is 19.1 Å². The van der Waals surface area contributed by atoms with E-state index in [0.29, 0.717) is 4.73 Å². The van der Waals surface area contributed by atoms with Gasteiger partial charge in [-0.05, 0) is 38.0 Å². The van der Waals surface area contributed by atoms with E-state index in [-0.39, 0.29) is 17.6 Å². The Morgan fingerprint density at radius 3 is 2.71 bits per heavy atom. The van der Waals surface area contributed by atoms with Crippen molar-refractivity contribution in [2.75, 3.05) is 4.90 Å². The van der Waals surface area contributed by atoms with Crippen molar-refractivity contribution in [3.05, 3.63) is 65.1 Å². The fraction of sp³-hybridized carbons (Fsp3) is 0.278. The number of benzene rings is 1. The molecule has 3 rings (SSSR count). The molecule has 0 N–H and O–H groups in total. The summed E-state index contributed by atoms with van der Waals surface area (Å²) in [5.74, 6) is -1.11. The summed E-state index contributed by atoms with van der Waals surface area (Å²) < 4.78 is 5.63. The first-order valence-corrected chi connectivity index (χ1v) is 7.79. The van der Waals surface area contributed by atoms with Crippen LogP contribution in [-0.4, -0.2) is 24.0 Å². The minimum absolute atomic E-state index is 0.00257. The van der Waals surface area contributed by atoms with Crippen LogP contribution in [0.4, 0.5) is 5.69 Å². The lowest BCUT2D eigenvalue weighted by Crippen LogP contribution is -2.44. The molecule has 2 heterocycles. The number of carbonyl (C=O) groups is 2. The Kier molecular flexibility index (Phi) is 4.20. The average Bonchev–Trinajstić information content (AvgIpc) is 2.90. The van der Waals surface area contributed by atoms with Crippen molar-refractivity contribution >= 4 is 17.6 Å². The molecule has 0 saturated carbocycles. The van der Waals surface area contributed by atoms with E-state index >= 15 is 0 Å². The number of rotatable bonds is 3. The maximum absolute atomic E-state index is 12.7. The van der Waals surface area contributed by atoms with Crippen molar-refractivity contribution in [2.24, 2.45) is 0 Å². The summed E-state index contributed by atoms with van der Waals surface area (Å²) in [7, 11) is 0. The summed E-state index contributed by atoms with van der Waals surface area (Å²) in [6.45, 7) is 3.47. The molecule has 1 aliphatic heterocycles. The molecule has 0 spiro atoms. The number of anilines is 1. The van der Waals surface area contributed by atoms with Gasteiger partial charge in [-0.25, -0.2) is 4.79 Å². The van der Waals surface area contributed by atoms with Crippen LogP contribution < -0.4 is 9.63 Å². The van der Waals surface area contributed by atoms with E-state index in [1.54, 1.807) is 11.0 Å². The average molecular weight is 326 g/mol. The molecule has 1 amide bonds. The van der Waals surface area contributed by atoms with Crippen LogP contribution in [0, 0.1) is 5.21 Å². The van der Waals surface area contributed by atoms with Gasteiger partial charge in [-0.15, -0.1) is 0 Å². The van der Waals surface area contributed by atoms with Gasteiger partial charge >= 0.3 is 11.7 Å². The summed E-state index contributed by atoms with van der Waals surface area (Å²) in [6, 6.07) is 12.1. The smallest absolute Gasteiger partial charge is 0.405 e. The van der Waals surface area contributed by atoms with E-state index in [0.717, 1.165) is 17.7 Å². The van der Waals surface area contributed by atoms with Gasteiger partial charge in [-0.1, -0.05) is 18.2 Å². The van der Waals surface area contributed by atoms with E-state index in [4.69, 9.17) is 4.74 Å². The molecule has 24 heavy (non-hydrogen) atoms. The lowest BCUT2D eigenvalue weighted by Gasteiger charge is -2.25. The number of esters is 1. The first-order valence-electron chi connectivity index (χ1n) is 7.79. The van der Waals surface area contributed by atoms with Crippen molar-refractivity contribution in [3.8, 4) is 0 Å². The maximum atomic E-state index is 12.7. The van der Waals surface area contributed by atoms with Crippen LogP contribution in [0.5, 0.6) is 0 Å². The van der Waals surface area contributed by atoms with Crippen molar-refractivity contribution in [1.29, 1.82) is 0 Å². The predicted octanol–water partition coefficient (Wildman–Crippen LogP) is 1.84. The zero-order valence-corrected chi connectivity index (χ0v) is 13.5. The van der Waals surface area contributed by atoms with Crippen LogP contribution in [-0.2, 0) is 16.0 Å². The van der Waals surface area contributed by atoms with Gasteiger partial charge in [-0.2, -0.15) is 4.73 Å². The molecule has 0 bridgehead atoms. The van der Waals surface area contributed by atoms with Crippen LogP contribution in [0.1, 0.15) is 29.9 Å². The number of carbonyl (C=O) groups excluding carboxylic acids is 2. The van der Waals surface area contributed by atoms with E-state index in [1.165, 1.54) is 25.3 Å². The third-order valence-electron chi connectivity index (χ3n) is 4.11. The lowest BCUT2D eigenvalue weighted by atomic mass is 10.1. The van der Waals surface area contributed by atoms with Crippen molar-refractivity contribution in [3.63, 3.8) is 0 Å². The molecule has 0 unspecified atom stereocenters. The number of amides is 1. The Hall–Kier alpha value is -2.89. The van der Waals surface area contributed by atoms with E-state index in [1.807, 2.05) is 31.2 Å². The Morgan fingerprint density at radius 1 is 1.25 bits per heavy atom. The van der Waals surface area contributed by atoms with Gasteiger partial charge < -0.3 is 14.8 Å². The third-order valence-corrected chi connectivity index (χ3v) is 4.11. The van der Waals surface area contributed by atoms with Gasteiger partial charge in [0, 0.05) is 23.9 Å². The molecule has 0 fully saturated rings. The van der Waals surface area contributed by atoms with Gasteiger partial charge in [0.1, 0.15) is 0 Å². The number of fused-ring (bicyclic) bond motifs is 1. The molecule has 2 aromatic rings. The van der Waals surface area contributed by atoms with E-state index < -0.39 is 12.1 Å². The first kappa shape index (κ1) is 16.0. The van der Waals surface area contributed by atoms with Crippen molar-refractivity contribution in [1.82, 2.24) is 0 Å². The fourth-order valence-corrected chi connectivity index (χ4v) is 2.95. The minimum atomic E-state index is -0.980.